The van der Waals surface area contributed by atoms with Gasteiger partial charge in [-0.15, -0.1) is 13.2 Å². The smallest absolute Gasteiger partial charge is 0.405 e. The average molecular weight is 233 g/mol. The molecule has 88 valence electrons. The van der Waals surface area contributed by atoms with Gasteiger partial charge in [0.05, 0.1) is 5.56 Å². The number of halogens is 3. The lowest BCUT2D eigenvalue weighted by atomic mass is 10.1. The molecule has 0 atom stereocenters. The van der Waals surface area contributed by atoms with Crippen LogP contribution in [0.5, 0.6) is 5.75 Å². The maximum atomic E-state index is 12.0. The number of benzene rings is 1. The lowest BCUT2D eigenvalue weighted by molar-refractivity contribution is -0.274. The minimum Gasteiger partial charge on any atom is -0.405 e. The number of alkyl halides is 3. The molecule has 0 saturated carbocycles. The maximum Gasteiger partial charge on any atom is 0.573 e. The molecule has 0 unspecified atom stereocenters. The third kappa shape index (κ3) is 3.15. The SMILES string of the molecule is CCC(=O)c1cc(N)ccc1OC(F)(F)F. The van der Waals surface area contributed by atoms with Crippen molar-refractivity contribution in [3.05, 3.63) is 23.8 Å². The summed E-state index contributed by atoms with van der Waals surface area (Å²) in [5.41, 5.74) is 5.46. The van der Waals surface area contributed by atoms with Crippen LogP contribution in [0, 0.1) is 0 Å². The van der Waals surface area contributed by atoms with Gasteiger partial charge in [-0.25, -0.2) is 0 Å². The first-order valence-electron chi connectivity index (χ1n) is 4.52. The molecule has 0 bridgehead atoms. The Hall–Kier alpha value is -1.72. The highest BCUT2D eigenvalue weighted by atomic mass is 19.4. The molecule has 1 aromatic carbocycles. The van der Waals surface area contributed by atoms with Crippen LogP contribution in [0.15, 0.2) is 18.2 Å². The zero-order valence-corrected chi connectivity index (χ0v) is 8.47. The largest absolute Gasteiger partial charge is 0.573 e. The summed E-state index contributed by atoms with van der Waals surface area (Å²) >= 11 is 0. The summed E-state index contributed by atoms with van der Waals surface area (Å²) in [6.07, 6.45) is -4.74. The van der Waals surface area contributed by atoms with E-state index in [2.05, 4.69) is 4.74 Å². The molecular formula is C10H10F3NO2. The molecule has 1 aromatic rings. The molecule has 0 saturated heterocycles. The van der Waals surface area contributed by atoms with E-state index in [-0.39, 0.29) is 17.7 Å². The Labute approximate surface area is 90.0 Å². The fourth-order valence-corrected chi connectivity index (χ4v) is 1.17. The van der Waals surface area contributed by atoms with Gasteiger partial charge in [-0.3, -0.25) is 4.79 Å². The van der Waals surface area contributed by atoms with Gasteiger partial charge in [0.15, 0.2) is 5.78 Å². The average Bonchev–Trinajstić information content (AvgIpc) is 2.17. The Bertz CT molecular complexity index is 402. The highest BCUT2D eigenvalue weighted by molar-refractivity contribution is 5.99. The zero-order valence-electron chi connectivity index (χ0n) is 8.47. The molecule has 16 heavy (non-hydrogen) atoms. The standard InChI is InChI=1S/C10H10F3NO2/c1-2-8(15)7-5-6(14)3-4-9(7)16-10(11,12)13/h3-5H,2,14H2,1H3. The predicted octanol–water partition coefficient (Wildman–Crippen LogP) is 2.76. The molecule has 0 radical (unpaired) electrons. The van der Waals surface area contributed by atoms with E-state index in [1.807, 2.05) is 0 Å². The Morgan fingerprint density at radius 3 is 2.56 bits per heavy atom. The van der Waals surface area contributed by atoms with Gasteiger partial charge in [0, 0.05) is 12.1 Å². The monoisotopic (exact) mass is 233 g/mol. The van der Waals surface area contributed by atoms with E-state index in [4.69, 9.17) is 5.73 Å². The fourth-order valence-electron chi connectivity index (χ4n) is 1.17. The molecule has 2 N–H and O–H groups in total. The van der Waals surface area contributed by atoms with Crippen molar-refractivity contribution in [1.82, 2.24) is 0 Å². The van der Waals surface area contributed by atoms with Crippen molar-refractivity contribution in [3.8, 4) is 5.75 Å². The second-order valence-electron chi connectivity index (χ2n) is 3.08. The van der Waals surface area contributed by atoms with E-state index in [9.17, 15) is 18.0 Å². The molecule has 6 heteroatoms. The van der Waals surface area contributed by atoms with Gasteiger partial charge in [0.25, 0.3) is 0 Å². The van der Waals surface area contributed by atoms with E-state index in [0.717, 1.165) is 6.07 Å². The van der Waals surface area contributed by atoms with Gasteiger partial charge in [-0.1, -0.05) is 6.92 Å². The van der Waals surface area contributed by atoms with Gasteiger partial charge in [-0.05, 0) is 18.2 Å². The highest BCUT2D eigenvalue weighted by Crippen LogP contribution is 2.28. The van der Waals surface area contributed by atoms with E-state index in [1.165, 1.54) is 12.1 Å². The number of rotatable bonds is 3. The van der Waals surface area contributed by atoms with Gasteiger partial charge < -0.3 is 10.5 Å². The van der Waals surface area contributed by atoms with Crippen LogP contribution in [-0.2, 0) is 0 Å². The summed E-state index contributed by atoms with van der Waals surface area (Å²) in [7, 11) is 0. The number of carbonyl (C=O) groups excluding carboxylic acids is 1. The molecule has 0 aliphatic rings. The number of carbonyl (C=O) groups is 1. The number of hydrogen-bond acceptors (Lipinski definition) is 3. The lowest BCUT2D eigenvalue weighted by Crippen LogP contribution is -2.19. The zero-order chi connectivity index (χ0) is 12.3. The summed E-state index contributed by atoms with van der Waals surface area (Å²) in [5, 5.41) is 0. The maximum absolute atomic E-state index is 12.0. The fraction of sp³-hybridized carbons (Fsp3) is 0.300. The van der Waals surface area contributed by atoms with Gasteiger partial charge in [0.2, 0.25) is 0 Å². The van der Waals surface area contributed by atoms with Crippen LogP contribution >= 0.6 is 0 Å². The molecule has 0 amide bonds. The summed E-state index contributed by atoms with van der Waals surface area (Å²) in [4.78, 5) is 11.4. The number of ketones is 1. The third-order valence-corrected chi connectivity index (χ3v) is 1.85. The topological polar surface area (TPSA) is 52.3 Å². The molecule has 0 aliphatic carbocycles. The molecular weight excluding hydrogens is 223 g/mol. The first-order valence-corrected chi connectivity index (χ1v) is 4.52. The number of nitrogens with two attached hydrogens (primary N) is 1. The van der Waals surface area contributed by atoms with Crippen molar-refractivity contribution in [2.75, 3.05) is 5.73 Å². The van der Waals surface area contributed by atoms with Crippen LogP contribution in [0.1, 0.15) is 23.7 Å². The minimum absolute atomic E-state index is 0.0810. The molecule has 1 rings (SSSR count). The van der Waals surface area contributed by atoms with Crippen LogP contribution in [-0.4, -0.2) is 12.1 Å². The normalized spacial score (nSPS) is 11.2. The second kappa shape index (κ2) is 4.42. The molecule has 0 aromatic heterocycles. The number of nitrogen functional groups attached to an aromatic ring is 1. The van der Waals surface area contributed by atoms with E-state index in [0.29, 0.717) is 0 Å². The minimum atomic E-state index is -4.82. The van der Waals surface area contributed by atoms with Crippen LogP contribution in [0.2, 0.25) is 0 Å². The second-order valence-corrected chi connectivity index (χ2v) is 3.08. The first kappa shape index (κ1) is 12.4. The van der Waals surface area contributed by atoms with E-state index < -0.39 is 17.9 Å². The Balaban J connectivity index is 3.13. The van der Waals surface area contributed by atoms with Crippen molar-refractivity contribution < 1.29 is 22.7 Å². The van der Waals surface area contributed by atoms with Crippen LogP contribution in [0.4, 0.5) is 18.9 Å². The van der Waals surface area contributed by atoms with Crippen molar-refractivity contribution in [2.45, 2.75) is 19.7 Å². The summed E-state index contributed by atoms with van der Waals surface area (Å²) in [6, 6.07) is 3.45. The van der Waals surface area contributed by atoms with Crippen molar-refractivity contribution in [2.24, 2.45) is 0 Å². The van der Waals surface area contributed by atoms with Gasteiger partial charge >= 0.3 is 6.36 Å². The molecule has 3 nitrogen and oxygen atoms in total. The lowest BCUT2D eigenvalue weighted by Gasteiger charge is -2.12. The van der Waals surface area contributed by atoms with Crippen LogP contribution in [0.3, 0.4) is 0 Å². The van der Waals surface area contributed by atoms with Gasteiger partial charge in [-0.2, -0.15) is 0 Å². The Kier molecular flexibility index (Phi) is 3.41. The number of Topliss-reactive ketones (excluding diaryl/α,β-unsaturated/α-hetero) is 1. The highest BCUT2D eigenvalue weighted by Gasteiger charge is 2.32. The molecule has 0 aliphatic heterocycles. The Morgan fingerprint density at radius 1 is 1.44 bits per heavy atom. The third-order valence-electron chi connectivity index (χ3n) is 1.85. The summed E-state index contributed by atoms with van der Waals surface area (Å²) < 4.78 is 39.8. The Morgan fingerprint density at radius 2 is 2.06 bits per heavy atom. The van der Waals surface area contributed by atoms with Crippen molar-refractivity contribution in [3.63, 3.8) is 0 Å². The quantitative estimate of drug-likeness (QED) is 0.645. The van der Waals surface area contributed by atoms with E-state index in [1.54, 1.807) is 6.92 Å². The van der Waals surface area contributed by atoms with Crippen molar-refractivity contribution in [1.29, 1.82) is 0 Å². The molecule has 0 heterocycles. The number of hydrogen-bond donors (Lipinski definition) is 1. The van der Waals surface area contributed by atoms with Crippen LogP contribution in [0.25, 0.3) is 0 Å². The van der Waals surface area contributed by atoms with Crippen LogP contribution < -0.4 is 10.5 Å². The first-order chi connectivity index (χ1) is 7.33. The number of ether oxygens (including phenoxy) is 1. The van der Waals surface area contributed by atoms with Gasteiger partial charge in [0.1, 0.15) is 5.75 Å². The summed E-state index contributed by atoms with van der Waals surface area (Å²) in [6.45, 7) is 1.54. The summed E-state index contributed by atoms with van der Waals surface area (Å²) in [5.74, 6) is -0.972. The molecule has 0 fully saturated rings. The number of anilines is 1. The van der Waals surface area contributed by atoms with Crippen molar-refractivity contribution >= 4 is 11.5 Å². The molecule has 0 spiro atoms. The predicted molar refractivity (Wildman–Crippen MR) is 52.2 cm³/mol. The van der Waals surface area contributed by atoms with E-state index >= 15 is 0 Å².